The van der Waals surface area contributed by atoms with Crippen LogP contribution in [0, 0.1) is 5.82 Å². The van der Waals surface area contributed by atoms with E-state index in [1.807, 2.05) is 4.90 Å². The number of aromatic amines is 1. The van der Waals surface area contributed by atoms with Crippen molar-refractivity contribution in [2.75, 3.05) is 13.1 Å². The van der Waals surface area contributed by atoms with Gasteiger partial charge >= 0.3 is 0 Å². The van der Waals surface area contributed by atoms with Crippen molar-refractivity contribution in [2.24, 2.45) is 0 Å². The maximum atomic E-state index is 13.5. The van der Waals surface area contributed by atoms with E-state index in [9.17, 15) is 14.0 Å². The molecule has 1 saturated heterocycles. The van der Waals surface area contributed by atoms with Crippen LogP contribution in [0.2, 0.25) is 0 Å². The van der Waals surface area contributed by atoms with E-state index < -0.39 is 0 Å². The number of likely N-dealkylation sites (tertiary alicyclic amines) is 1. The molecule has 0 saturated carbocycles. The van der Waals surface area contributed by atoms with E-state index in [0.717, 1.165) is 31.6 Å². The minimum atomic E-state index is -0.382. The summed E-state index contributed by atoms with van der Waals surface area (Å²) in [5.41, 5.74) is 2.26. The molecule has 1 aliphatic rings. The highest BCUT2D eigenvalue weighted by atomic mass is 19.1. The number of rotatable bonds is 3. The Labute approximate surface area is 170 Å². The molecule has 0 atom stereocenters. The number of halogens is 1. The molecule has 5 rings (SSSR count). The largest absolute Gasteiger partial charge is 0.339 e. The van der Waals surface area contributed by atoms with Crippen LogP contribution >= 0.6 is 0 Å². The van der Waals surface area contributed by atoms with E-state index in [4.69, 9.17) is 0 Å². The molecule has 4 aromatic rings. The van der Waals surface area contributed by atoms with Crippen LogP contribution in [-0.4, -0.2) is 43.9 Å². The van der Waals surface area contributed by atoms with Gasteiger partial charge in [0.1, 0.15) is 11.5 Å². The normalized spacial score (nSPS) is 13.8. The topological polar surface area (TPSA) is 83.9 Å². The number of H-pyrrole nitrogens is 1. The van der Waals surface area contributed by atoms with Gasteiger partial charge in [-0.3, -0.25) is 9.59 Å². The summed E-state index contributed by atoms with van der Waals surface area (Å²) in [6.07, 6.45) is 3.73. The van der Waals surface area contributed by atoms with Gasteiger partial charge in [0.05, 0.1) is 17.4 Å². The fourth-order valence-electron chi connectivity index (χ4n) is 3.74. The lowest BCUT2D eigenvalue weighted by Crippen LogP contribution is -2.27. The molecule has 0 bridgehead atoms. The van der Waals surface area contributed by atoms with Gasteiger partial charge in [0, 0.05) is 29.6 Å². The van der Waals surface area contributed by atoms with Crippen LogP contribution in [0.5, 0.6) is 0 Å². The molecule has 0 aliphatic carbocycles. The van der Waals surface area contributed by atoms with Crippen molar-refractivity contribution in [1.29, 1.82) is 0 Å². The number of nitrogens with zero attached hydrogens (tertiary/aromatic N) is 4. The lowest BCUT2D eigenvalue weighted by atomic mass is 10.1. The maximum Gasteiger partial charge on any atom is 0.258 e. The highest BCUT2D eigenvalue weighted by molar-refractivity contribution is 5.94. The van der Waals surface area contributed by atoms with Gasteiger partial charge in [0.2, 0.25) is 0 Å². The van der Waals surface area contributed by atoms with Gasteiger partial charge < -0.3 is 9.88 Å². The molecule has 1 aliphatic heterocycles. The number of carbonyl (C=O) groups excluding carboxylic acids is 1. The number of hydrogen-bond donors (Lipinski definition) is 1. The lowest BCUT2D eigenvalue weighted by molar-refractivity contribution is 0.0793. The van der Waals surface area contributed by atoms with Gasteiger partial charge in [-0.05, 0) is 61.4 Å². The molecule has 3 heterocycles. The zero-order chi connectivity index (χ0) is 20.7. The van der Waals surface area contributed by atoms with Crippen LogP contribution in [0.15, 0.2) is 59.5 Å². The minimum Gasteiger partial charge on any atom is -0.339 e. The summed E-state index contributed by atoms with van der Waals surface area (Å²) in [6, 6.07) is 12.9. The Kier molecular flexibility index (Phi) is 4.39. The number of fused-ring (bicyclic) bond motifs is 1. The Morgan fingerprint density at radius 2 is 1.80 bits per heavy atom. The number of amides is 1. The molecule has 8 heteroatoms. The van der Waals surface area contributed by atoms with Crippen molar-refractivity contribution >= 4 is 16.8 Å². The Morgan fingerprint density at radius 1 is 1.03 bits per heavy atom. The van der Waals surface area contributed by atoms with Gasteiger partial charge in [-0.1, -0.05) is 5.21 Å². The molecule has 2 aromatic carbocycles. The molecule has 0 spiro atoms. The quantitative estimate of drug-likeness (QED) is 0.570. The molecule has 150 valence electrons. The SMILES string of the molecule is O=C(c1ccc(-n2cc(-c3cc4cc(F)ccc4[nH]c3=O)nn2)cc1)N1CCCC1. The third-order valence-electron chi connectivity index (χ3n) is 5.35. The van der Waals surface area contributed by atoms with Crippen LogP contribution in [0.3, 0.4) is 0 Å². The van der Waals surface area contributed by atoms with E-state index in [0.29, 0.717) is 27.7 Å². The average Bonchev–Trinajstić information content (AvgIpc) is 3.46. The summed E-state index contributed by atoms with van der Waals surface area (Å²) in [6.45, 7) is 1.61. The first-order valence-corrected chi connectivity index (χ1v) is 9.73. The monoisotopic (exact) mass is 403 g/mol. The molecule has 7 nitrogen and oxygen atoms in total. The van der Waals surface area contributed by atoms with Crippen molar-refractivity contribution < 1.29 is 9.18 Å². The molecule has 1 fully saturated rings. The first-order valence-electron chi connectivity index (χ1n) is 9.73. The standard InChI is InChI=1S/C22H18FN5O2/c23-16-5-8-19-15(11-16)12-18(21(29)24-19)20-13-28(26-25-20)17-6-3-14(4-7-17)22(30)27-9-1-2-10-27/h3-8,11-13H,1-2,9-10H2,(H,24,29). The Bertz CT molecular complexity index is 1300. The van der Waals surface area contributed by atoms with Gasteiger partial charge in [-0.2, -0.15) is 0 Å². The molecule has 0 unspecified atom stereocenters. The zero-order valence-corrected chi connectivity index (χ0v) is 16.0. The number of carbonyl (C=O) groups is 1. The Morgan fingerprint density at radius 3 is 2.57 bits per heavy atom. The van der Waals surface area contributed by atoms with Crippen molar-refractivity contribution in [3.8, 4) is 16.9 Å². The van der Waals surface area contributed by atoms with Gasteiger partial charge in [0.25, 0.3) is 11.5 Å². The van der Waals surface area contributed by atoms with Crippen LogP contribution in [0.25, 0.3) is 27.8 Å². The first-order chi connectivity index (χ1) is 14.6. The van der Waals surface area contributed by atoms with Gasteiger partial charge in [-0.25, -0.2) is 9.07 Å². The summed E-state index contributed by atoms with van der Waals surface area (Å²) >= 11 is 0. The summed E-state index contributed by atoms with van der Waals surface area (Å²) in [7, 11) is 0. The Balaban J connectivity index is 1.44. The minimum absolute atomic E-state index is 0.0354. The van der Waals surface area contributed by atoms with Crippen molar-refractivity contribution in [3.05, 3.63) is 76.5 Å². The van der Waals surface area contributed by atoms with E-state index in [2.05, 4.69) is 15.3 Å². The zero-order valence-electron chi connectivity index (χ0n) is 16.0. The van der Waals surface area contributed by atoms with Crippen molar-refractivity contribution in [2.45, 2.75) is 12.8 Å². The van der Waals surface area contributed by atoms with Gasteiger partial charge in [0.15, 0.2) is 0 Å². The molecule has 0 radical (unpaired) electrons. The van der Waals surface area contributed by atoms with Crippen LogP contribution in [-0.2, 0) is 0 Å². The number of aromatic nitrogens is 4. The third-order valence-corrected chi connectivity index (χ3v) is 5.35. The van der Waals surface area contributed by atoms with Crippen LogP contribution < -0.4 is 5.56 Å². The molecule has 1 amide bonds. The molecule has 2 aromatic heterocycles. The van der Waals surface area contributed by atoms with Gasteiger partial charge in [-0.15, -0.1) is 5.10 Å². The maximum absolute atomic E-state index is 13.5. The highest BCUT2D eigenvalue weighted by Crippen LogP contribution is 2.20. The summed E-state index contributed by atoms with van der Waals surface area (Å²) in [5.74, 6) is -0.346. The molecule has 30 heavy (non-hydrogen) atoms. The Hall–Kier alpha value is -3.81. The van der Waals surface area contributed by atoms with Crippen molar-refractivity contribution in [1.82, 2.24) is 24.9 Å². The average molecular weight is 403 g/mol. The molecule has 1 N–H and O–H groups in total. The van der Waals surface area contributed by atoms with E-state index in [1.165, 1.54) is 22.9 Å². The van der Waals surface area contributed by atoms with Crippen LogP contribution in [0.1, 0.15) is 23.2 Å². The predicted octanol–water partition coefficient (Wildman–Crippen LogP) is 3.15. The van der Waals surface area contributed by atoms with E-state index >= 15 is 0 Å². The predicted molar refractivity (Wildman–Crippen MR) is 110 cm³/mol. The van der Waals surface area contributed by atoms with E-state index in [1.54, 1.807) is 36.5 Å². The second-order valence-corrected chi connectivity index (χ2v) is 7.34. The molecular formula is C22H18FN5O2. The third kappa shape index (κ3) is 3.26. The number of pyridine rings is 1. The second-order valence-electron chi connectivity index (χ2n) is 7.34. The fraction of sp³-hybridized carbons (Fsp3) is 0.182. The number of hydrogen-bond acceptors (Lipinski definition) is 4. The summed E-state index contributed by atoms with van der Waals surface area (Å²) in [4.78, 5) is 29.5. The smallest absolute Gasteiger partial charge is 0.258 e. The molecular weight excluding hydrogens is 385 g/mol. The number of nitrogens with one attached hydrogen (secondary N) is 1. The fourth-order valence-corrected chi connectivity index (χ4v) is 3.74. The van der Waals surface area contributed by atoms with E-state index in [-0.39, 0.29) is 17.3 Å². The van der Waals surface area contributed by atoms with Crippen LogP contribution in [0.4, 0.5) is 4.39 Å². The summed E-state index contributed by atoms with van der Waals surface area (Å²) in [5, 5.41) is 8.77. The second kappa shape index (κ2) is 7.22. The highest BCUT2D eigenvalue weighted by Gasteiger charge is 2.19. The summed E-state index contributed by atoms with van der Waals surface area (Å²) < 4.78 is 15.1. The number of benzene rings is 2. The lowest BCUT2D eigenvalue weighted by Gasteiger charge is -2.15. The first kappa shape index (κ1) is 18.2. The van der Waals surface area contributed by atoms with Crippen molar-refractivity contribution in [3.63, 3.8) is 0 Å².